The van der Waals surface area contributed by atoms with E-state index in [1.165, 1.54) is 25.8 Å². The Morgan fingerprint density at radius 2 is 2.07 bits per heavy atom. The van der Waals surface area contributed by atoms with Crippen molar-refractivity contribution in [3.05, 3.63) is 28.8 Å². The Labute approximate surface area is 160 Å². The number of piperidine rings is 1. The Morgan fingerprint density at radius 1 is 1.26 bits per heavy atom. The summed E-state index contributed by atoms with van der Waals surface area (Å²) in [5.74, 6) is 0.782. The normalized spacial score (nSPS) is 35.8. The van der Waals surface area contributed by atoms with E-state index in [-0.39, 0.29) is 22.8 Å². The molecule has 5 rings (SSSR count). The number of fused-ring (bicyclic) bond motifs is 1. The minimum Gasteiger partial charge on any atom is -0.507 e. The fourth-order valence-electron chi connectivity index (χ4n) is 6.63. The summed E-state index contributed by atoms with van der Waals surface area (Å²) in [5, 5.41) is 21.5. The number of hydrogen-bond acceptors (Lipinski definition) is 4. The quantitative estimate of drug-likeness (QED) is 0.762. The smallest absolute Gasteiger partial charge is 0.252 e. The molecule has 1 heterocycles. The number of carbonyl (C=O) groups excluding carboxylic acids is 1. The van der Waals surface area contributed by atoms with E-state index in [0.29, 0.717) is 18.4 Å². The lowest BCUT2D eigenvalue weighted by molar-refractivity contribution is -0.0565. The maximum absolute atomic E-state index is 11.8. The summed E-state index contributed by atoms with van der Waals surface area (Å²) in [6.07, 6.45) is 8.15. The number of phenols is 1. The molecule has 0 aromatic heterocycles. The van der Waals surface area contributed by atoms with Gasteiger partial charge in [-0.05, 0) is 75.0 Å². The molecular weight excluding hydrogens is 340 g/mol. The minimum atomic E-state index is -0.579. The van der Waals surface area contributed by atoms with E-state index in [1.54, 1.807) is 6.07 Å². The molecule has 1 aliphatic heterocycles. The first-order chi connectivity index (χ1) is 13.0. The summed E-state index contributed by atoms with van der Waals surface area (Å²) in [5.41, 5.74) is 7.57. The van der Waals surface area contributed by atoms with Gasteiger partial charge in [0.25, 0.3) is 5.91 Å². The molecule has 3 aliphatic carbocycles. The van der Waals surface area contributed by atoms with E-state index in [1.807, 2.05) is 6.07 Å². The van der Waals surface area contributed by atoms with Gasteiger partial charge in [-0.25, -0.2) is 0 Å². The van der Waals surface area contributed by atoms with Crippen molar-refractivity contribution in [2.45, 2.75) is 68.9 Å². The molecule has 4 aliphatic rings. The number of rotatable bonds is 3. The van der Waals surface area contributed by atoms with Crippen LogP contribution in [-0.2, 0) is 11.8 Å². The molecule has 2 bridgehead atoms. The molecule has 0 radical (unpaired) electrons. The van der Waals surface area contributed by atoms with Crippen LogP contribution >= 0.6 is 0 Å². The predicted molar refractivity (Wildman–Crippen MR) is 103 cm³/mol. The molecule has 0 spiro atoms. The molecule has 1 aromatic carbocycles. The van der Waals surface area contributed by atoms with Crippen molar-refractivity contribution in [2.24, 2.45) is 17.6 Å². The number of hydrogen-bond donors (Lipinski definition) is 3. The molecule has 146 valence electrons. The molecule has 1 saturated heterocycles. The number of likely N-dealkylation sites (tertiary alicyclic amines) is 1. The number of primary amides is 1. The summed E-state index contributed by atoms with van der Waals surface area (Å²) >= 11 is 0. The SMILES string of the molecule is NC(=O)c1ccc2c(c1O)[C@]13CCN(CC4CCC4)[C@H](C2)[C@@H]1CC[C@@H](O)C3. The second kappa shape index (κ2) is 6.21. The summed E-state index contributed by atoms with van der Waals surface area (Å²) in [4.78, 5) is 14.5. The van der Waals surface area contributed by atoms with Gasteiger partial charge in [0.2, 0.25) is 0 Å². The maximum Gasteiger partial charge on any atom is 0.252 e. The van der Waals surface area contributed by atoms with Crippen molar-refractivity contribution in [2.75, 3.05) is 13.1 Å². The molecule has 1 aromatic rings. The first-order valence-electron chi connectivity index (χ1n) is 10.6. The maximum atomic E-state index is 11.8. The topological polar surface area (TPSA) is 86.8 Å². The largest absolute Gasteiger partial charge is 0.507 e. The van der Waals surface area contributed by atoms with E-state index in [0.717, 1.165) is 49.3 Å². The molecule has 4 atom stereocenters. The predicted octanol–water partition coefficient (Wildman–Crippen LogP) is 2.32. The van der Waals surface area contributed by atoms with E-state index in [2.05, 4.69) is 4.90 Å². The third kappa shape index (κ3) is 2.54. The monoisotopic (exact) mass is 370 g/mol. The lowest BCUT2D eigenvalue weighted by atomic mass is 9.51. The molecule has 1 amide bonds. The lowest BCUT2D eigenvalue weighted by Crippen LogP contribution is -2.63. The third-order valence-electron chi connectivity index (χ3n) is 8.07. The highest BCUT2D eigenvalue weighted by Crippen LogP contribution is 2.58. The van der Waals surface area contributed by atoms with Crippen LogP contribution in [0.3, 0.4) is 0 Å². The fourth-order valence-corrected chi connectivity index (χ4v) is 6.63. The van der Waals surface area contributed by atoms with Gasteiger partial charge < -0.3 is 15.9 Å². The number of carbonyl (C=O) groups is 1. The Kier molecular flexibility index (Phi) is 4.03. The van der Waals surface area contributed by atoms with Crippen LogP contribution in [0.25, 0.3) is 0 Å². The zero-order valence-corrected chi connectivity index (χ0v) is 15.9. The van der Waals surface area contributed by atoms with Crippen molar-refractivity contribution in [3.8, 4) is 5.75 Å². The van der Waals surface area contributed by atoms with Crippen molar-refractivity contribution >= 4 is 5.91 Å². The van der Waals surface area contributed by atoms with Gasteiger partial charge in [-0.2, -0.15) is 0 Å². The van der Waals surface area contributed by atoms with Gasteiger partial charge in [-0.1, -0.05) is 12.5 Å². The first kappa shape index (κ1) is 17.5. The van der Waals surface area contributed by atoms with Crippen LogP contribution in [0.1, 0.15) is 66.4 Å². The number of nitrogens with zero attached hydrogens (tertiary/aromatic N) is 1. The molecule has 2 saturated carbocycles. The average molecular weight is 370 g/mol. The van der Waals surface area contributed by atoms with E-state index in [4.69, 9.17) is 5.73 Å². The second-order valence-corrected chi connectivity index (χ2v) is 9.37. The molecular formula is C22H30N2O3. The van der Waals surface area contributed by atoms with Crippen molar-refractivity contribution in [3.63, 3.8) is 0 Å². The number of benzene rings is 1. The molecule has 27 heavy (non-hydrogen) atoms. The van der Waals surface area contributed by atoms with Crippen LogP contribution in [0.5, 0.6) is 5.75 Å². The van der Waals surface area contributed by atoms with Crippen LogP contribution < -0.4 is 5.73 Å². The highest BCUT2D eigenvalue weighted by atomic mass is 16.3. The Balaban J connectivity index is 1.60. The zero-order chi connectivity index (χ0) is 18.8. The van der Waals surface area contributed by atoms with Crippen molar-refractivity contribution in [1.82, 2.24) is 4.90 Å². The van der Waals surface area contributed by atoms with Gasteiger partial charge in [0, 0.05) is 23.6 Å². The Hall–Kier alpha value is -1.59. The van der Waals surface area contributed by atoms with Crippen LogP contribution in [0.2, 0.25) is 0 Å². The van der Waals surface area contributed by atoms with Gasteiger partial charge in [0.1, 0.15) is 5.75 Å². The molecule has 4 N–H and O–H groups in total. The number of aliphatic hydroxyl groups is 1. The number of nitrogens with two attached hydrogens (primary N) is 1. The Bertz CT molecular complexity index is 775. The number of aromatic hydroxyl groups is 1. The number of aliphatic hydroxyl groups excluding tert-OH is 1. The van der Waals surface area contributed by atoms with Gasteiger partial charge >= 0.3 is 0 Å². The zero-order valence-electron chi connectivity index (χ0n) is 15.9. The van der Waals surface area contributed by atoms with Crippen LogP contribution in [0, 0.1) is 11.8 Å². The highest BCUT2D eigenvalue weighted by Gasteiger charge is 2.56. The van der Waals surface area contributed by atoms with Gasteiger partial charge in [-0.3, -0.25) is 9.69 Å². The Morgan fingerprint density at radius 3 is 2.78 bits per heavy atom. The summed E-state index contributed by atoms with van der Waals surface area (Å²) in [7, 11) is 0. The van der Waals surface area contributed by atoms with Gasteiger partial charge in [-0.15, -0.1) is 0 Å². The van der Waals surface area contributed by atoms with Crippen molar-refractivity contribution in [1.29, 1.82) is 0 Å². The van der Waals surface area contributed by atoms with E-state index in [9.17, 15) is 15.0 Å². The standard InChI is InChI=1S/C22H30N2O3/c23-21(27)16-6-4-14-10-18-17-7-5-15(25)11-22(17,19(14)20(16)26)8-9-24(18)12-13-2-1-3-13/h4,6,13,15,17-18,25-26H,1-3,5,7-12H2,(H2,23,27)/t15-,17+,18-,22+/m1/s1. The minimum absolute atomic E-state index is 0.0741. The fraction of sp³-hybridized carbons (Fsp3) is 0.682. The number of amides is 1. The molecule has 5 heteroatoms. The first-order valence-corrected chi connectivity index (χ1v) is 10.6. The van der Waals surface area contributed by atoms with E-state index < -0.39 is 5.91 Å². The third-order valence-corrected chi connectivity index (χ3v) is 8.07. The van der Waals surface area contributed by atoms with E-state index >= 15 is 0 Å². The second-order valence-electron chi connectivity index (χ2n) is 9.37. The summed E-state index contributed by atoms with van der Waals surface area (Å²) in [6.45, 7) is 2.21. The summed E-state index contributed by atoms with van der Waals surface area (Å²) < 4.78 is 0. The lowest BCUT2D eigenvalue weighted by Gasteiger charge is -2.60. The van der Waals surface area contributed by atoms with Crippen molar-refractivity contribution < 1.29 is 15.0 Å². The molecule has 3 fully saturated rings. The van der Waals surface area contributed by atoms with Gasteiger partial charge in [0.05, 0.1) is 11.7 Å². The summed E-state index contributed by atoms with van der Waals surface area (Å²) in [6, 6.07) is 4.16. The molecule has 0 unspecified atom stereocenters. The van der Waals surface area contributed by atoms with Crippen LogP contribution in [-0.4, -0.2) is 46.3 Å². The average Bonchev–Trinajstić information content (AvgIpc) is 2.58. The van der Waals surface area contributed by atoms with Gasteiger partial charge in [0.15, 0.2) is 0 Å². The highest BCUT2D eigenvalue weighted by molar-refractivity contribution is 5.96. The molecule has 5 nitrogen and oxygen atoms in total. The van der Waals surface area contributed by atoms with Crippen LogP contribution in [0.15, 0.2) is 12.1 Å². The van der Waals surface area contributed by atoms with Crippen LogP contribution in [0.4, 0.5) is 0 Å².